The van der Waals surface area contributed by atoms with Gasteiger partial charge in [-0.25, -0.2) is 4.39 Å². The van der Waals surface area contributed by atoms with Crippen LogP contribution >= 0.6 is 23.8 Å². The van der Waals surface area contributed by atoms with Crippen LogP contribution in [-0.2, 0) is 0 Å². The highest BCUT2D eigenvalue weighted by atomic mass is 35.5. The lowest BCUT2D eigenvalue weighted by molar-refractivity contribution is 0.632. The lowest BCUT2D eigenvalue weighted by atomic mass is 10.1. The van der Waals surface area contributed by atoms with Gasteiger partial charge in [-0.3, -0.25) is 0 Å². The molecule has 0 saturated carbocycles. The number of thiocarbonyl (C=S) groups is 1. The van der Waals surface area contributed by atoms with Crippen molar-refractivity contribution in [3.05, 3.63) is 45.9 Å². The summed E-state index contributed by atoms with van der Waals surface area (Å²) in [5.41, 5.74) is 8.02. The smallest absolute Gasteiger partial charge is 0.163 e. The molecule has 0 bridgehead atoms. The van der Waals surface area contributed by atoms with E-state index in [0.717, 1.165) is 11.3 Å². The lowest BCUT2D eigenvalue weighted by Crippen LogP contribution is -2.17. The van der Waals surface area contributed by atoms with Crippen LogP contribution in [0.4, 0.5) is 15.9 Å². The van der Waals surface area contributed by atoms with E-state index < -0.39 is 5.82 Å². The van der Waals surface area contributed by atoms with Gasteiger partial charge in [-0.05, 0) is 37.6 Å². The van der Waals surface area contributed by atoms with Gasteiger partial charge in [-0.2, -0.15) is 5.10 Å². The van der Waals surface area contributed by atoms with Crippen molar-refractivity contribution in [3.63, 3.8) is 0 Å². The first kappa shape index (κ1) is 14.6. The van der Waals surface area contributed by atoms with Gasteiger partial charge in [-0.15, -0.1) is 5.10 Å². The Morgan fingerprint density at radius 1 is 1.35 bits per heavy atom. The summed E-state index contributed by atoms with van der Waals surface area (Å²) in [4.78, 5) is 0.178. The summed E-state index contributed by atoms with van der Waals surface area (Å²) in [6, 6.07) is 4.29. The summed E-state index contributed by atoms with van der Waals surface area (Å²) < 4.78 is 13.8. The zero-order chi connectivity index (χ0) is 14.9. The first-order chi connectivity index (χ1) is 9.40. The average molecular weight is 311 g/mol. The molecule has 0 saturated heterocycles. The van der Waals surface area contributed by atoms with E-state index in [2.05, 4.69) is 15.5 Å². The van der Waals surface area contributed by atoms with Crippen molar-refractivity contribution in [1.82, 2.24) is 10.2 Å². The maximum absolute atomic E-state index is 13.8. The van der Waals surface area contributed by atoms with Crippen LogP contribution in [0.3, 0.4) is 0 Å². The van der Waals surface area contributed by atoms with Crippen LogP contribution in [0.25, 0.3) is 0 Å². The third kappa shape index (κ3) is 2.86. The zero-order valence-corrected chi connectivity index (χ0v) is 12.4. The molecule has 0 aliphatic heterocycles. The minimum Gasteiger partial charge on any atom is -0.389 e. The van der Waals surface area contributed by atoms with E-state index in [4.69, 9.17) is 29.6 Å². The van der Waals surface area contributed by atoms with Crippen molar-refractivity contribution in [2.45, 2.75) is 13.8 Å². The summed E-state index contributed by atoms with van der Waals surface area (Å²) in [6.45, 7) is 3.64. The van der Waals surface area contributed by atoms with E-state index in [1.54, 1.807) is 13.0 Å². The second kappa shape index (κ2) is 5.68. The predicted octanol–water partition coefficient (Wildman–Crippen LogP) is 3.26. The predicted molar refractivity (Wildman–Crippen MR) is 82.1 cm³/mol. The Morgan fingerprint density at radius 3 is 2.65 bits per heavy atom. The van der Waals surface area contributed by atoms with Crippen LogP contribution in [0.2, 0.25) is 5.02 Å². The molecule has 0 atom stereocenters. The standard InChI is InChI=1S/C13H12ClFN4S/c1-6-7(2)18-19-13(11(6)12(16)20)17-10-4-3-8(14)5-9(10)15/h3-5H,1-2H3,(H2,16,20)(H,17,19). The molecule has 7 heteroatoms. The van der Waals surface area contributed by atoms with Gasteiger partial charge in [0.05, 0.1) is 16.9 Å². The molecule has 2 aromatic rings. The number of aryl methyl sites for hydroxylation is 1. The van der Waals surface area contributed by atoms with Gasteiger partial charge < -0.3 is 11.1 Å². The second-order valence-corrected chi connectivity index (χ2v) is 5.12. The Labute approximate surface area is 126 Å². The van der Waals surface area contributed by atoms with Crippen LogP contribution < -0.4 is 11.1 Å². The van der Waals surface area contributed by atoms with Gasteiger partial charge in [0.1, 0.15) is 10.8 Å². The molecule has 2 rings (SSSR count). The Kier molecular flexibility index (Phi) is 4.15. The van der Waals surface area contributed by atoms with E-state index >= 15 is 0 Å². The number of benzene rings is 1. The number of nitrogens with zero attached hydrogens (tertiary/aromatic N) is 2. The number of halogens is 2. The fraction of sp³-hybridized carbons (Fsp3) is 0.154. The summed E-state index contributed by atoms with van der Waals surface area (Å²) >= 11 is 10.7. The molecule has 0 aliphatic rings. The molecule has 1 aromatic carbocycles. The lowest BCUT2D eigenvalue weighted by Gasteiger charge is -2.13. The highest BCUT2D eigenvalue weighted by Gasteiger charge is 2.15. The Balaban J connectivity index is 2.48. The van der Waals surface area contributed by atoms with Crippen molar-refractivity contribution in [2.24, 2.45) is 5.73 Å². The van der Waals surface area contributed by atoms with Crippen LogP contribution in [-0.4, -0.2) is 15.2 Å². The molecule has 0 radical (unpaired) electrons. The van der Waals surface area contributed by atoms with Gasteiger partial charge in [0.25, 0.3) is 0 Å². The largest absolute Gasteiger partial charge is 0.389 e. The highest BCUT2D eigenvalue weighted by Crippen LogP contribution is 2.25. The summed E-state index contributed by atoms with van der Waals surface area (Å²) in [5, 5.41) is 11.1. The summed E-state index contributed by atoms with van der Waals surface area (Å²) in [6.07, 6.45) is 0. The van der Waals surface area contributed by atoms with Gasteiger partial charge in [0.15, 0.2) is 5.82 Å². The zero-order valence-electron chi connectivity index (χ0n) is 10.9. The van der Waals surface area contributed by atoms with Crippen molar-refractivity contribution >= 4 is 40.3 Å². The third-order valence-corrected chi connectivity index (χ3v) is 3.32. The fourth-order valence-corrected chi connectivity index (χ4v) is 2.12. The number of aromatic nitrogens is 2. The molecule has 104 valence electrons. The van der Waals surface area contributed by atoms with Gasteiger partial charge in [0.2, 0.25) is 0 Å². The molecule has 20 heavy (non-hydrogen) atoms. The van der Waals surface area contributed by atoms with Crippen LogP contribution in [0.5, 0.6) is 0 Å². The SMILES string of the molecule is Cc1nnc(Nc2ccc(Cl)cc2F)c(C(N)=S)c1C. The molecule has 0 spiro atoms. The second-order valence-electron chi connectivity index (χ2n) is 4.25. The molecule has 0 amide bonds. The fourth-order valence-electron chi connectivity index (χ4n) is 1.72. The van der Waals surface area contributed by atoms with E-state index in [1.807, 2.05) is 6.92 Å². The van der Waals surface area contributed by atoms with Crippen LogP contribution in [0.1, 0.15) is 16.8 Å². The summed E-state index contributed by atoms with van der Waals surface area (Å²) in [5.74, 6) is -0.173. The molecule has 1 heterocycles. The number of hydrogen-bond donors (Lipinski definition) is 2. The topological polar surface area (TPSA) is 63.8 Å². The Hall–Kier alpha value is -1.79. The van der Waals surface area contributed by atoms with Crippen molar-refractivity contribution in [2.75, 3.05) is 5.32 Å². The molecular weight excluding hydrogens is 299 g/mol. The Bertz CT molecular complexity index is 690. The first-order valence-corrected chi connectivity index (χ1v) is 6.54. The van der Waals surface area contributed by atoms with E-state index in [0.29, 0.717) is 16.4 Å². The minimum atomic E-state index is -0.494. The van der Waals surface area contributed by atoms with Crippen molar-refractivity contribution < 1.29 is 4.39 Å². The van der Waals surface area contributed by atoms with Gasteiger partial charge in [-0.1, -0.05) is 23.8 Å². The maximum atomic E-state index is 13.8. The molecular formula is C13H12ClFN4S. The normalized spacial score (nSPS) is 10.4. The van der Waals surface area contributed by atoms with E-state index in [9.17, 15) is 4.39 Å². The Morgan fingerprint density at radius 2 is 2.05 bits per heavy atom. The number of rotatable bonds is 3. The molecule has 4 nitrogen and oxygen atoms in total. The van der Waals surface area contributed by atoms with Crippen molar-refractivity contribution in [3.8, 4) is 0 Å². The van der Waals surface area contributed by atoms with Gasteiger partial charge >= 0.3 is 0 Å². The molecule has 0 aliphatic carbocycles. The van der Waals surface area contributed by atoms with Crippen LogP contribution in [0, 0.1) is 19.7 Å². The van der Waals surface area contributed by atoms with E-state index in [-0.39, 0.29) is 10.7 Å². The molecule has 0 unspecified atom stereocenters. The third-order valence-electron chi connectivity index (χ3n) is 2.89. The number of anilines is 2. The van der Waals surface area contributed by atoms with Crippen molar-refractivity contribution in [1.29, 1.82) is 0 Å². The first-order valence-electron chi connectivity index (χ1n) is 5.76. The molecule has 3 N–H and O–H groups in total. The number of nitrogens with one attached hydrogen (secondary N) is 1. The average Bonchev–Trinajstić information content (AvgIpc) is 2.36. The number of hydrogen-bond acceptors (Lipinski definition) is 4. The minimum absolute atomic E-state index is 0.178. The van der Waals surface area contributed by atoms with Gasteiger partial charge in [0, 0.05) is 5.02 Å². The summed E-state index contributed by atoms with van der Waals surface area (Å²) in [7, 11) is 0. The maximum Gasteiger partial charge on any atom is 0.163 e. The molecule has 1 aromatic heterocycles. The monoisotopic (exact) mass is 310 g/mol. The molecule has 0 fully saturated rings. The quantitative estimate of drug-likeness (QED) is 0.852. The highest BCUT2D eigenvalue weighted by molar-refractivity contribution is 7.80. The van der Waals surface area contributed by atoms with Crippen LogP contribution in [0.15, 0.2) is 18.2 Å². The number of nitrogens with two attached hydrogens (primary N) is 1. The van der Waals surface area contributed by atoms with E-state index in [1.165, 1.54) is 12.1 Å².